The molecule has 1 aromatic heterocycles. The van der Waals surface area contributed by atoms with Gasteiger partial charge < -0.3 is 15.2 Å². The zero-order valence-corrected chi connectivity index (χ0v) is 14.8. The molecule has 0 aliphatic carbocycles. The van der Waals surface area contributed by atoms with Crippen LogP contribution in [0.1, 0.15) is 51.7 Å². The van der Waals surface area contributed by atoms with Crippen LogP contribution < -0.4 is 5.32 Å². The van der Waals surface area contributed by atoms with Gasteiger partial charge in [0.25, 0.3) is 5.91 Å². The molecule has 3 rings (SSSR count). The first kappa shape index (κ1) is 17.8. The van der Waals surface area contributed by atoms with Gasteiger partial charge in [0.15, 0.2) is 0 Å². The zero-order valence-electron chi connectivity index (χ0n) is 13.3. The molecule has 0 bridgehead atoms. The van der Waals surface area contributed by atoms with Crippen LogP contribution in [0.3, 0.4) is 0 Å². The minimum absolute atomic E-state index is 0.0439. The molecule has 2 heterocycles. The lowest BCUT2D eigenvalue weighted by atomic mass is 10.0. The highest BCUT2D eigenvalue weighted by Gasteiger charge is 2.24. The first-order chi connectivity index (χ1) is 12.0. The predicted octanol–water partition coefficient (Wildman–Crippen LogP) is 3.59. The Hall–Kier alpha value is -1.96. The molecule has 0 saturated carbocycles. The second kappa shape index (κ2) is 7.95. The lowest BCUT2D eigenvalue weighted by Gasteiger charge is -2.17. The van der Waals surface area contributed by atoms with Crippen molar-refractivity contribution in [2.45, 2.75) is 31.4 Å². The van der Waals surface area contributed by atoms with Crippen molar-refractivity contribution in [1.29, 1.82) is 0 Å². The van der Waals surface area contributed by atoms with E-state index in [2.05, 4.69) is 10.3 Å². The van der Waals surface area contributed by atoms with Gasteiger partial charge in [0, 0.05) is 11.6 Å². The summed E-state index contributed by atoms with van der Waals surface area (Å²) >= 11 is 7.15. The van der Waals surface area contributed by atoms with Crippen molar-refractivity contribution in [2.24, 2.45) is 0 Å². The van der Waals surface area contributed by atoms with Crippen molar-refractivity contribution in [2.75, 3.05) is 6.61 Å². The van der Waals surface area contributed by atoms with E-state index in [-0.39, 0.29) is 18.4 Å². The molecule has 1 aliphatic heterocycles. The van der Waals surface area contributed by atoms with E-state index in [1.165, 1.54) is 17.5 Å². The summed E-state index contributed by atoms with van der Waals surface area (Å²) in [5, 5.41) is 13.2. The van der Waals surface area contributed by atoms with E-state index < -0.39 is 12.0 Å². The molecule has 1 aliphatic rings. The van der Waals surface area contributed by atoms with Crippen LogP contribution in [0.15, 0.2) is 30.5 Å². The third-order valence-corrected chi connectivity index (χ3v) is 5.25. The molecule has 0 spiro atoms. The van der Waals surface area contributed by atoms with Crippen molar-refractivity contribution in [3.8, 4) is 0 Å². The molecule has 132 valence electrons. The lowest BCUT2D eigenvalue weighted by molar-refractivity contribution is -0.137. The molecule has 6 nitrogen and oxygen atoms in total. The minimum atomic E-state index is -0.996. The molecule has 2 N–H and O–H groups in total. The van der Waals surface area contributed by atoms with Gasteiger partial charge >= 0.3 is 5.97 Å². The van der Waals surface area contributed by atoms with E-state index in [4.69, 9.17) is 21.4 Å². The predicted molar refractivity (Wildman–Crippen MR) is 94.0 cm³/mol. The number of carboxylic acids is 1. The van der Waals surface area contributed by atoms with E-state index in [1.54, 1.807) is 24.3 Å². The number of aromatic nitrogens is 1. The molecule has 1 unspecified atom stereocenters. The van der Waals surface area contributed by atoms with Crippen molar-refractivity contribution in [3.05, 3.63) is 50.9 Å². The Bertz CT molecular complexity index is 756. The average Bonchev–Trinajstić information content (AvgIpc) is 3.26. The topological polar surface area (TPSA) is 88.5 Å². The number of hydrogen-bond acceptors (Lipinski definition) is 5. The Labute approximate surface area is 153 Å². The number of carbonyl (C=O) groups is 2. The summed E-state index contributed by atoms with van der Waals surface area (Å²) in [7, 11) is 0. The van der Waals surface area contributed by atoms with E-state index in [0.717, 1.165) is 17.8 Å². The van der Waals surface area contributed by atoms with Gasteiger partial charge in [-0.1, -0.05) is 23.7 Å². The van der Waals surface area contributed by atoms with Crippen molar-refractivity contribution in [3.63, 3.8) is 0 Å². The zero-order chi connectivity index (χ0) is 17.8. The monoisotopic (exact) mass is 380 g/mol. The van der Waals surface area contributed by atoms with Crippen LogP contribution in [-0.2, 0) is 9.53 Å². The van der Waals surface area contributed by atoms with Crippen LogP contribution >= 0.6 is 22.9 Å². The highest BCUT2D eigenvalue weighted by atomic mass is 35.5. The Morgan fingerprint density at radius 3 is 2.80 bits per heavy atom. The van der Waals surface area contributed by atoms with Gasteiger partial charge in [0.1, 0.15) is 16.0 Å². The maximum absolute atomic E-state index is 12.5. The molecule has 0 radical (unpaired) electrons. The Morgan fingerprint density at radius 2 is 2.16 bits per heavy atom. The Morgan fingerprint density at radius 1 is 1.40 bits per heavy atom. The quantitative estimate of drug-likeness (QED) is 0.799. The number of hydrogen-bond donors (Lipinski definition) is 2. The van der Waals surface area contributed by atoms with Crippen molar-refractivity contribution < 1.29 is 19.4 Å². The molecule has 1 aromatic carbocycles. The average molecular weight is 381 g/mol. The standard InChI is InChI=1S/C17H17ClN2O4S/c18-11-5-3-10(4-6-11)12(8-15(21)22)20-16(23)14-9-19-17(25-14)13-2-1-7-24-13/h3-6,9,12-13H,1-2,7-8H2,(H,20,23)(H,21,22)/t12-,13?/m0/s1. The van der Waals surface area contributed by atoms with Crippen molar-refractivity contribution >= 4 is 34.8 Å². The second-order valence-electron chi connectivity index (χ2n) is 5.74. The summed E-state index contributed by atoms with van der Waals surface area (Å²) < 4.78 is 5.57. The van der Waals surface area contributed by atoms with E-state index in [9.17, 15) is 9.59 Å². The molecule has 1 saturated heterocycles. The normalized spacial score (nSPS) is 18.0. The molecule has 1 fully saturated rings. The molecular formula is C17H17ClN2O4S. The molecule has 1 amide bonds. The number of amides is 1. The highest BCUT2D eigenvalue weighted by Crippen LogP contribution is 2.31. The maximum atomic E-state index is 12.5. The summed E-state index contributed by atoms with van der Waals surface area (Å²) in [5.41, 5.74) is 0.684. The van der Waals surface area contributed by atoms with Gasteiger partial charge in [-0.15, -0.1) is 11.3 Å². The van der Waals surface area contributed by atoms with Crippen LogP contribution in [0.4, 0.5) is 0 Å². The summed E-state index contributed by atoms with van der Waals surface area (Å²) in [6, 6.07) is 6.11. The molecule has 2 atom stereocenters. The molecular weight excluding hydrogens is 364 g/mol. The number of aliphatic carboxylic acids is 1. The highest BCUT2D eigenvalue weighted by molar-refractivity contribution is 7.13. The van der Waals surface area contributed by atoms with Crippen LogP contribution in [0.2, 0.25) is 5.02 Å². The van der Waals surface area contributed by atoms with Crippen molar-refractivity contribution in [1.82, 2.24) is 10.3 Å². The van der Waals surface area contributed by atoms with Crippen LogP contribution in [0.5, 0.6) is 0 Å². The second-order valence-corrected chi connectivity index (χ2v) is 7.24. The van der Waals surface area contributed by atoms with Gasteiger partial charge in [-0.3, -0.25) is 9.59 Å². The largest absolute Gasteiger partial charge is 0.481 e. The number of halogens is 1. The Kier molecular flexibility index (Phi) is 5.67. The fraction of sp³-hybridized carbons (Fsp3) is 0.353. The molecule has 2 aromatic rings. The smallest absolute Gasteiger partial charge is 0.305 e. The number of benzene rings is 1. The van der Waals surface area contributed by atoms with Crippen LogP contribution in [-0.4, -0.2) is 28.6 Å². The number of nitrogens with zero attached hydrogens (tertiary/aromatic N) is 1. The number of rotatable bonds is 6. The van der Waals surface area contributed by atoms with E-state index >= 15 is 0 Å². The minimum Gasteiger partial charge on any atom is -0.481 e. The van der Waals surface area contributed by atoms with Gasteiger partial charge in [-0.05, 0) is 30.5 Å². The first-order valence-electron chi connectivity index (χ1n) is 7.88. The first-order valence-corrected chi connectivity index (χ1v) is 9.08. The number of carbonyl (C=O) groups excluding carboxylic acids is 1. The van der Waals surface area contributed by atoms with Crippen LogP contribution in [0, 0.1) is 0 Å². The van der Waals surface area contributed by atoms with E-state index in [1.807, 2.05) is 0 Å². The SMILES string of the molecule is O=C(O)C[C@H](NC(=O)c1cnc(C2CCCO2)s1)c1ccc(Cl)cc1. The summed E-state index contributed by atoms with van der Waals surface area (Å²) in [4.78, 5) is 28.4. The van der Waals surface area contributed by atoms with Gasteiger partial charge in [-0.25, -0.2) is 4.98 Å². The fourth-order valence-corrected chi connectivity index (χ4v) is 3.70. The fourth-order valence-electron chi connectivity index (χ4n) is 2.67. The van der Waals surface area contributed by atoms with Gasteiger partial charge in [-0.2, -0.15) is 0 Å². The summed E-state index contributed by atoms with van der Waals surface area (Å²) in [6.45, 7) is 0.711. The van der Waals surface area contributed by atoms with E-state index in [0.29, 0.717) is 22.1 Å². The third kappa shape index (κ3) is 4.56. The number of carboxylic acid groups (broad SMARTS) is 1. The number of nitrogens with one attached hydrogen (secondary N) is 1. The molecule has 25 heavy (non-hydrogen) atoms. The third-order valence-electron chi connectivity index (χ3n) is 3.91. The number of thiazole rings is 1. The maximum Gasteiger partial charge on any atom is 0.305 e. The van der Waals surface area contributed by atoms with Gasteiger partial charge in [0.2, 0.25) is 0 Å². The summed E-state index contributed by atoms with van der Waals surface area (Å²) in [5.74, 6) is -1.34. The lowest BCUT2D eigenvalue weighted by Crippen LogP contribution is -2.29. The number of ether oxygens (including phenoxy) is 1. The Balaban J connectivity index is 1.73. The van der Waals surface area contributed by atoms with Crippen LogP contribution in [0.25, 0.3) is 0 Å². The molecule has 8 heteroatoms. The summed E-state index contributed by atoms with van der Waals surface area (Å²) in [6.07, 6.45) is 3.14. The van der Waals surface area contributed by atoms with Gasteiger partial charge in [0.05, 0.1) is 18.7 Å².